The number of rotatable bonds is 4. The molecule has 2 rings (SSSR count). The van der Waals surface area contributed by atoms with Crippen molar-refractivity contribution in [3.63, 3.8) is 0 Å². The molecule has 0 aliphatic carbocycles. The first-order valence-corrected chi connectivity index (χ1v) is 6.10. The molecule has 88 valence electrons. The molecule has 1 heterocycles. The summed E-state index contributed by atoms with van der Waals surface area (Å²) in [6.45, 7) is 2.08. The van der Waals surface area contributed by atoms with E-state index in [9.17, 15) is 0 Å². The van der Waals surface area contributed by atoms with Gasteiger partial charge in [0.1, 0.15) is 5.69 Å². The van der Waals surface area contributed by atoms with Crippen LogP contribution in [0.15, 0.2) is 42.1 Å². The van der Waals surface area contributed by atoms with Gasteiger partial charge in [-0.15, -0.1) is 16.7 Å². The Morgan fingerprint density at radius 1 is 1.35 bits per heavy atom. The third kappa shape index (κ3) is 2.94. The molecule has 1 aromatic carbocycles. The Kier molecular flexibility index (Phi) is 3.94. The number of benzene rings is 1. The Balaban J connectivity index is 2.25. The molecule has 0 atom stereocenters. The van der Waals surface area contributed by atoms with Gasteiger partial charge in [-0.05, 0) is 24.6 Å². The van der Waals surface area contributed by atoms with Crippen molar-refractivity contribution in [3.05, 3.63) is 47.8 Å². The Morgan fingerprint density at radius 3 is 2.76 bits per heavy atom. The van der Waals surface area contributed by atoms with Gasteiger partial charge in [-0.3, -0.25) is 0 Å². The van der Waals surface area contributed by atoms with Crippen LogP contribution < -0.4 is 0 Å². The van der Waals surface area contributed by atoms with Crippen LogP contribution in [0.25, 0.3) is 11.8 Å². The van der Waals surface area contributed by atoms with E-state index in [1.54, 1.807) is 11.0 Å². The number of nitrogens with zero attached hydrogens (tertiary/aromatic N) is 3. The minimum atomic E-state index is 0.536. The number of alkyl halides is 1. The third-order valence-corrected chi connectivity index (χ3v) is 2.82. The molecule has 0 aliphatic rings. The fourth-order valence-electron chi connectivity index (χ4n) is 1.47. The summed E-state index contributed by atoms with van der Waals surface area (Å²) in [4.78, 5) is 1.62. The highest BCUT2D eigenvalue weighted by molar-refractivity contribution is 6.19. The van der Waals surface area contributed by atoms with Crippen molar-refractivity contribution in [2.75, 3.05) is 5.88 Å². The number of hydrogen-bond donors (Lipinski definition) is 0. The molecule has 0 saturated heterocycles. The smallest absolute Gasteiger partial charge is 0.106 e. The van der Waals surface area contributed by atoms with Crippen LogP contribution in [0.3, 0.4) is 0 Å². The lowest BCUT2D eigenvalue weighted by Crippen LogP contribution is -1.97. The van der Waals surface area contributed by atoms with Gasteiger partial charge in [0, 0.05) is 5.88 Å². The van der Waals surface area contributed by atoms with Crippen molar-refractivity contribution in [2.45, 2.75) is 13.3 Å². The molecular formula is C13H14ClN3. The largest absolute Gasteiger partial charge is 0.156 e. The Morgan fingerprint density at radius 2 is 2.12 bits per heavy atom. The van der Waals surface area contributed by atoms with Gasteiger partial charge in [0.25, 0.3) is 0 Å². The van der Waals surface area contributed by atoms with Crippen molar-refractivity contribution < 1.29 is 0 Å². The highest BCUT2D eigenvalue weighted by Gasteiger charge is 2.01. The van der Waals surface area contributed by atoms with Crippen molar-refractivity contribution in [1.82, 2.24) is 15.0 Å². The first-order valence-electron chi connectivity index (χ1n) is 5.56. The predicted molar refractivity (Wildman–Crippen MR) is 70.3 cm³/mol. The lowest BCUT2D eigenvalue weighted by Gasteiger charge is -1.97. The second kappa shape index (κ2) is 5.64. The summed E-state index contributed by atoms with van der Waals surface area (Å²) in [5.74, 6) is 0.536. The van der Waals surface area contributed by atoms with Crippen LogP contribution in [-0.2, 0) is 0 Å². The minimum Gasteiger partial charge on any atom is -0.156 e. The lowest BCUT2D eigenvalue weighted by atomic mass is 10.2. The molecule has 0 aliphatic heterocycles. The first kappa shape index (κ1) is 11.9. The Labute approximate surface area is 106 Å². The summed E-state index contributed by atoms with van der Waals surface area (Å²) < 4.78 is 0. The van der Waals surface area contributed by atoms with Crippen LogP contribution in [0.5, 0.6) is 0 Å². The first-order chi connectivity index (χ1) is 8.33. The SMILES string of the molecule is CCC(=Cc1cnn(-c2ccccc2)n1)CCl. The standard InChI is InChI=1S/C13H14ClN3/c1-2-11(9-14)8-12-10-15-17(16-12)13-6-4-3-5-7-13/h3-8,10H,2,9H2,1H3. The Bertz CT molecular complexity index is 496. The second-order valence-corrected chi connectivity index (χ2v) is 3.95. The number of hydrogen-bond acceptors (Lipinski definition) is 2. The van der Waals surface area contributed by atoms with E-state index < -0.39 is 0 Å². The molecular weight excluding hydrogens is 234 g/mol. The zero-order chi connectivity index (χ0) is 12.1. The van der Waals surface area contributed by atoms with Crippen molar-refractivity contribution in [2.24, 2.45) is 0 Å². The quantitative estimate of drug-likeness (QED) is 0.777. The van der Waals surface area contributed by atoms with Gasteiger partial charge in [0.15, 0.2) is 0 Å². The van der Waals surface area contributed by atoms with Crippen LogP contribution in [0, 0.1) is 0 Å². The van der Waals surface area contributed by atoms with E-state index in [1.807, 2.05) is 36.4 Å². The summed E-state index contributed by atoms with van der Waals surface area (Å²) in [5, 5.41) is 8.61. The van der Waals surface area contributed by atoms with E-state index in [0.29, 0.717) is 5.88 Å². The molecule has 0 radical (unpaired) electrons. The fraction of sp³-hybridized carbons (Fsp3) is 0.231. The lowest BCUT2D eigenvalue weighted by molar-refractivity contribution is 0.750. The van der Waals surface area contributed by atoms with Gasteiger partial charge in [-0.1, -0.05) is 30.7 Å². The molecule has 2 aromatic rings. The number of allylic oxidation sites excluding steroid dienone is 1. The number of aromatic nitrogens is 3. The zero-order valence-electron chi connectivity index (χ0n) is 9.68. The summed E-state index contributed by atoms with van der Waals surface area (Å²) in [5.41, 5.74) is 2.95. The molecule has 0 spiro atoms. The van der Waals surface area contributed by atoms with E-state index in [1.165, 1.54) is 0 Å². The molecule has 0 bridgehead atoms. The van der Waals surface area contributed by atoms with Crippen LogP contribution >= 0.6 is 11.6 Å². The van der Waals surface area contributed by atoms with E-state index in [2.05, 4.69) is 17.1 Å². The summed E-state index contributed by atoms with van der Waals surface area (Å²) in [6, 6.07) is 9.83. The van der Waals surface area contributed by atoms with Gasteiger partial charge in [-0.25, -0.2) is 0 Å². The monoisotopic (exact) mass is 247 g/mol. The van der Waals surface area contributed by atoms with E-state index in [-0.39, 0.29) is 0 Å². The van der Waals surface area contributed by atoms with Gasteiger partial charge < -0.3 is 0 Å². The van der Waals surface area contributed by atoms with Crippen LogP contribution in [0.1, 0.15) is 19.0 Å². The molecule has 17 heavy (non-hydrogen) atoms. The van der Waals surface area contributed by atoms with Gasteiger partial charge in [0.2, 0.25) is 0 Å². The summed E-state index contributed by atoms with van der Waals surface area (Å²) in [7, 11) is 0. The predicted octanol–water partition coefficient (Wildman–Crippen LogP) is 3.30. The highest BCUT2D eigenvalue weighted by Crippen LogP contribution is 2.10. The molecule has 3 nitrogen and oxygen atoms in total. The number of para-hydroxylation sites is 1. The minimum absolute atomic E-state index is 0.536. The van der Waals surface area contributed by atoms with Gasteiger partial charge in [-0.2, -0.15) is 9.90 Å². The second-order valence-electron chi connectivity index (χ2n) is 3.68. The molecule has 0 fully saturated rings. The average Bonchev–Trinajstić information content (AvgIpc) is 2.85. The van der Waals surface area contributed by atoms with Crippen LogP contribution in [0.2, 0.25) is 0 Å². The van der Waals surface area contributed by atoms with Crippen LogP contribution in [0.4, 0.5) is 0 Å². The normalized spacial score (nSPS) is 11.8. The zero-order valence-corrected chi connectivity index (χ0v) is 10.4. The fourth-order valence-corrected chi connectivity index (χ4v) is 1.74. The van der Waals surface area contributed by atoms with E-state index >= 15 is 0 Å². The maximum Gasteiger partial charge on any atom is 0.106 e. The molecule has 0 unspecified atom stereocenters. The van der Waals surface area contributed by atoms with E-state index in [4.69, 9.17) is 11.6 Å². The average molecular weight is 248 g/mol. The van der Waals surface area contributed by atoms with Gasteiger partial charge >= 0.3 is 0 Å². The third-order valence-electron chi connectivity index (χ3n) is 2.47. The van der Waals surface area contributed by atoms with Crippen molar-refractivity contribution in [1.29, 1.82) is 0 Å². The highest BCUT2D eigenvalue weighted by atomic mass is 35.5. The number of halogens is 1. The van der Waals surface area contributed by atoms with Crippen molar-refractivity contribution in [3.8, 4) is 5.69 Å². The Hall–Kier alpha value is -1.61. The maximum absolute atomic E-state index is 5.82. The van der Waals surface area contributed by atoms with Crippen LogP contribution in [-0.4, -0.2) is 20.9 Å². The van der Waals surface area contributed by atoms with Crippen molar-refractivity contribution >= 4 is 17.7 Å². The summed E-state index contributed by atoms with van der Waals surface area (Å²) >= 11 is 5.82. The summed E-state index contributed by atoms with van der Waals surface area (Å²) in [6.07, 6.45) is 4.66. The molecule has 0 saturated carbocycles. The maximum atomic E-state index is 5.82. The topological polar surface area (TPSA) is 30.7 Å². The molecule has 1 aromatic heterocycles. The van der Waals surface area contributed by atoms with Gasteiger partial charge in [0.05, 0.1) is 11.9 Å². The molecule has 0 N–H and O–H groups in total. The molecule has 4 heteroatoms. The van der Waals surface area contributed by atoms with E-state index in [0.717, 1.165) is 23.4 Å². The molecule has 0 amide bonds.